The molecule has 1 aromatic rings. The molecule has 0 unspecified atom stereocenters. The lowest BCUT2D eigenvalue weighted by Gasteiger charge is -2.22. The minimum atomic E-state index is -4.25. The van der Waals surface area contributed by atoms with Crippen molar-refractivity contribution in [1.29, 1.82) is 0 Å². The first-order chi connectivity index (χ1) is 9.49. The van der Waals surface area contributed by atoms with Crippen LogP contribution in [0.1, 0.15) is 50.2 Å². The van der Waals surface area contributed by atoms with Crippen LogP contribution in [0.2, 0.25) is 0 Å². The molecule has 2 rings (SSSR count). The Balaban J connectivity index is 2.15. The molecule has 0 heterocycles. The van der Waals surface area contributed by atoms with E-state index in [1.165, 1.54) is 12.1 Å². The van der Waals surface area contributed by atoms with Crippen molar-refractivity contribution in [1.82, 2.24) is 4.90 Å². The smallest absolute Gasteiger partial charge is 0.300 e. The zero-order valence-electron chi connectivity index (χ0n) is 12.1. The SMILES string of the molecule is CCCN(CCC)[C@H]1C[C@@H]1c1ccccc1C(F)(F)F. The summed E-state index contributed by atoms with van der Waals surface area (Å²) in [5.74, 6) is 0.0472. The maximum Gasteiger partial charge on any atom is 0.416 e. The molecule has 0 bridgehead atoms. The van der Waals surface area contributed by atoms with E-state index in [9.17, 15) is 13.2 Å². The number of hydrogen-bond acceptors (Lipinski definition) is 1. The molecule has 0 radical (unpaired) electrons. The lowest BCUT2D eigenvalue weighted by atomic mass is 10.0. The van der Waals surface area contributed by atoms with Crippen molar-refractivity contribution in [3.05, 3.63) is 35.4 Å². The van der Waals surface area contributed by atoms with Gasteiger partial charge in [-0.05, 0) is 44.0 Å². The summed E-state index contributed by atoms with van der Waals surface area (Å²) in [6.07, 6.45) is -1.30. The molecule has 0 saturated heterocycles. The van der Waals surface area contributed by atoms with E-state index in [0.717, 1.165) is 32.4 Å². The third-order valence-electron chi connectivity index (χ3n) is 3.91. The molecule has 4 heteroatoms. The predicted molar refractivity (Wildman–Crippen MR) is 74.7 cm³/mol. The highest BCUT2D eigenvalue weighted by Gasteiger charge is 2.46. The molecular weight excluding hydrogens is 263 g/mol. The quantitative estimate of drug-likeness (QED) is 0.733. The van der Waals surface area contributed by atoms with Crippen LogP contribution >= 0.6 is 0 Å². The maximum atomic E-state index is 13.0. The van der Waals surface area contributed by atoms with Gasteiger partial charge < -0.3 is 0 Å². The number of halogens is 3. The summed E-state index contributed by atoms with van der Waals surface area (Å²) in [5, 5.41) is 0. The first-order valence-corrected chi connectivity index (χ1v) is 7.39. The Bertz CT molecular complexity index is 436. The van der Waals surface area contributed by atoms with Crippen LogP contribution in [0.25, 0.3) is 0 Å². The third kappa shape index (κ3) is 3.35. The van der Waals surface area contributed by atoms with Gasteiger partial charge >= 0.3 is 6.18 Å². The van der Waals surface area contributed by atoms with Gasteiger partial charge in [0.25, 0.3) is 0 Å². The molecule has 1 nitrogen and oxygen atoms in total. The molecule has 0 spiro atoms. The van der Waals surface area contributed by atoms with E-state index in [1.807, 2.05) is 0 Å². The molecule has 2 atom stereocenters. The third-order valence-corrected chi connectivity index (χ3v) is 3.91. The van der Waals surface area contributed by atoms with Gasteiger partial charge in [0.1, 0.15) is 0 Å². The van der Waals surface area contributed by atoms with Crippen LogP contribution in [0.4, 0.5) is 13.2 Å². The first-order valence-electron chi connectivity index (χ1n) is 7.39. The second kappa shape index (κ2) is 6.17. The number of rotatable bonds is 6. The number of nitrogens with zero attached hydrogens (tertiary/aromatic N) is 1. The fourth-order valence-electron chi connectivity index (χ4n) is 3.02. The molecule has 1 aliphatic rings. The topological polar surface area (TPSA) is 3.24 Å². The molecule has 1 aliphatic carbocycles. The first kappa shape index (κ1) is 15.4. The van der Waals surface area contributed by atoms with Crippen LogP contribution in [0.15, 0.2) is 24.3 Å². The predicted octanol–water partition coefficient (Wildman–Crippen LogP) is 4.68. The summed E-state index contributed by atoms with van der Waals surface area (Å²) >= 11 is 0. The van der Waals surface area contributed by atoms with Gasteiger partial charge in [-0.3, -0.25) is 4.90 Å². The second-order valence-electron chi connectivity index (χ2n) is 5.53. The van der Waals surface area contributed by atoms with Crippen molar-refractivity contribution >= 4 is 0 Å². The Labute approximate surface area is 118 Å². The van der Waals surface area contributed by atoms with Crippen molar-refractivity contribution < 1.29 is 13.2 Å². The van der Waals surface area contributed by atoms with Crippen LogP contribution < -0.4 is 0 Å². The van der Waals surface area contributed by atoms with Crippen molar-refractivity contribution in [3.63, 3.8) is 0 Å². The monoisotopic (exact) mass is 285 g/mol. The van der Waals surface area contributed by atoms with Crippen molar-refractivity contribution in [2.45, 2.75) is 51.2 Å². The maximum absolute atomic E-state index is 13.0. The summed E-state index contributed by atoms with van der Waals surface area (Å²) in [4.78, 5) is 2.35. The van der Waals surface area contributed by atoms with Gasteiger partial charge in [0.15, 0.2) is 0 Å². The Kier molecular flexibility index (Phi) is 4.74. The fraction of sp³-hybridized carbons (Fsp3) is 0.625. The van der Waals surface area contributed by atoms with Gasteiger partial charge in [-0.2, -0.15) is 13.2 Å². The molecule has 0 N–H and O–H groups in total. The average Bonchev–Trinajstić information content (AvgIpc) is 3.17. The Hall–Kier alpha value is -1.03. The van der Waals surface area contributed by atoms with Crippen LogP contribution in [0, 0.1) is 0 Å². The van der Waals surface area contributed by atoms with Crippen LogP contribution in [-0.2, 0) is 6.18 Å². The van der Waals surface area contributed by atoms with E-state index in [4.69, 9.17) is 0 Å². The normalized spacial score (nSPS) is 22.3. The summed E-state index contributed by atoms with van der Waals surface area (Å²) in [5.41, 5.74) is 0.0163. The molecule has 1 aromatic carbocycles. The minimum Gasteiger partial charge on any atom is -0.300 e. The van der Waals surface area contributed by atoms with Gasteiger partial charge in [0, 0.05) is 12.0 Å². The zero-order valence-corrected chi connectivity index (χ0v) is 12.1. The summed E-state index contributed by atoms with van der Waals surface area (Å²) < 4.78 is 39.1. The van der Waals surface area contributed by atoms with Crippen LogP contribution in [-0.4, -0.2) is 24.0 Å². The van der Waals surface area contributed by atoms with Gasteiger partial charge in [-0.1, -0.05) is 32.0 Å². The van der Waals surface area contributed by atoms with E-state index in [-0.39, 0.29) is 5.92 Å². The molecule has 112 valence electrons. The highest BCUT2D eigenvalue weighted by molar-refractivity contribution is 5.37. The molecule has 1 saturated carbocycles. The molecule has 0 aromatic heterocycles. The Morgan fingerprint density at radius 3 is 2.25 bits per heavy atom. The number of benzene rings is 1. The highest BCUT2D eigenvalue weighted by Crippen LogP contribution is 2.48. The Morgan fingerprint density at radius 1 is 1.10 bits per heavy atom. The molecule has 20 heavy (non-hydrogen) atoms. The molecule has 1 fully saturated rings. The van der Waals surface area contributed by atoms with Crippen molar-refractivity contribution in [2.75, 3.05) is 13.1 Å². The minimum absolute atomic E-state index is 0.0472. The number of alkyl halides is 3. The van der Waals surface area contributed by atoms with Crippen molar-refractivity contribution in [2.24, 2.45) is 0 Å². The van der Waals surface area contributed by atoms with E-state index in [0.29, 0.717) is 11.6 Å². The lowest BCUT2D eigenvalue weighted by molar-refractivity contribution is -0.138. The zero-order chi connectivity index (χ0) is 14.8. The summed E-state index contributed by atoms with van der Waals surface area (Å²) in [6.45, 7) is 6.18. The standard InChI is InChI=1S/C16H22F3N/c1-3-9-20(10-4-2)15-11-13(15)12-7-5-6-8-14(12)16(17,18)19/h5-8,13,15H,3-4,9-11H2,1-2H3/t13-,15+/m1/s1. The largest absolute Gasteiger partial charge is 0.416 e. The van der Waals surface area contributed by atoms with Gasteiger partial charge in [0.05, 0.1) is 5.56 Å². The van der Waals surface area contributed by atoms with Crippen LogP contribution in [0.3, 0.4) is 0 Å². The summed E-state index contributed by atoms with van der Waals surface area (Å²) in [6, 6.07) is 6.32. The van der Waals surface area contributed by atoms with E-state index >= 15 is 0 Å². The van der Waals surface area contributed by atoms with E-state index < -0.39 is 11.7 Å². The van der Waals surface area contributed by atoms with Crippen molar-refractivity contribution in [3.8, 4) is 0 Å². The summed E-state index contributed by atoms with van der Waals surface area (Å²) in [7, 11) is 0. The Morgan fingerprint density at radius 2 is 1.70 bits per heavy atom. The second-order valence-corrected chi connectivity index (χ2v) is 5.53. The molecular formula is C16H22F3N. The molecule has 0 amide bonds. The van der Waals surface area contributed by atoms with Gasteiger partial charge in [-0.25, -0.2) is 0 Å². The lowest BCUT2D eigenvalue weighted by Crippen LogP contribution is -2.29. The highest BCUT2D eigenvalue weighted by atomic mass is 19.4. The average molecular weight is 285 g/mol. The van der Waals surface area contributed by atoms with Gasteiger partial charge in [0.2, 0.25) is 0 Å². The van der Waals surface area contributed by atoms with E-state index in [1.54, 1.807) is 12.1 Å². The van der Waals surface area contributed by atoms with E-state index in [2.05, 4.69) is 18.7 Å². The van der Waals surface area contributed by atoms with Crippen LogP contribution in [0.5, 0.6) is 0 Å². The van der Waals surface area contributed by atoms with Gasteiger partial charge in [-0.15, -0.1) is 0 Å². The fourth-order valence-corrected chi connectivity index (χ4v) is 3.02. The molecule has 0 aliphatic heterocycles. The number of hydrogen-bond donors (Lipinski definition) is 0.